The fraction of sp³-hybridized carbons (Fsp3) is 0.812. The van der Waals surface area contributed by atoms with E-state index in [9.17, 15) is 13.2 Å². The van der Waals surface area contributed by atoms with Crippen LogP contribution in [-0.2, 0) is 6.32 Å². The van der Waals surface area contributed by atoms with Gasteiger partial charge in [-0.1, -0.05) is 165 Å². The second kappa shape index (κ2) is 17.5. The number of benzene rings is 1. The van der Waals surface area contributed by atoms with Gasteiger partial charge >= 0.3 is 6.36 Å². The highest BCUT2D eigenvalue weighted by atomic mass is 19.4. The van der Waals surface area contributed by atoms with E-state index in [1.807, 2.05) is 0 Å². The molecule has 5 heteroatoms. The minimum absolute atomic E-state index is 0.140. The Morgan fingerprint density at radius 3 is 1.41 bits per heavy atom. The van der Waals surface area contributed by atoms with E-state index < -0.39 is 6.36 Å². The summed E-state index contributed by atoms with van der Waals surface area (Å²) in [5.74, 6) is 2.36. The quantitative estimate of drug-likeness (QED) is 0.352. The first-order valence-electron chi connectivity index (χ1n) is 15.7. The maximum absolute atomic E-state index is 12.4. The van der Waals surface area contributed by atoms with Gasteiger partial charge in [-0.05, 0) is 24.0 Å². The summed E-state index contributed by atoms with van der Waals surface area (Å²) in [6.07, 6.45) is 25.6. The van der Waals surface area contributed by atoms with Crippen LogP contribution in [0.5, 0.6) is 5.75 Å². The summed E-state index contributed by atoms with van der Waals surface area (Å²) in [7, 11) is 2.43. The number of hydrogen-bond acceptors (Lipinski definition) is 1. The van der Waals surface area contributed by atoms with Crippen LogP contribution in [-0.4, -0.2) is 13.6 Å². The molecule has 209 valence electrons. The molecule has 2 aliphatic rings. The second-order valence-corrected chi connectivity index (χ2v) is 11.9. The van der Waals surface area contributed by atoms with Crippen LogP contribution >= 0.6 is 0 Å². The third-order valence-electron chi connectivity index (χ3n) is 8.96. The van der Waals surface area contributed by atoms with Crippen molar-refractivity contribution in [3.8, 4) is 5.75 Å². The molecule has 2 saturated carbocycles. The lowest BCUT2D eigenvalue weighted by molar-refractivity contribution is -0.274. The lowest BCUT2D eigenvalue weighted by atomic mass is 9.57. The van der Waals surface area contributed by atoms with Crippen LogP contribution in [0.25, 0.3) is 0 Å². The molecule has 1 radical (unpaired) electrons. The molecule has 0 amide bonds. The number of hydrogen-bond donors (Lipinski definition) is 0. The molecule has 0 aromatic heterocycles. The average molecular weight is 520 g/mol. The van der Waals surface area contributed by atoms with Gasteiger partial charge in [0, 0.05) is 0 Å². The maximum atomic E-state index is 12.4. The van der Waals surface area contributed by atoms with Gasteiger partial charge in [0.2, 0.25) is 0 Å². The third-order valence-corrected chi connectivity index (χ3v) is 8.96. The van der Waals surface area contributed by atoms with Gasteiger partial charge in [-0.25, -0.2) is 0 Å². The van der Waals surface area contributed by atoms with E-state index in [2.05, 4.69) is 12.0 Å². The zero-order valence-electron chi connectivity index (χ0n) is 23.2. The van der Waals surface area contributed by atoms with Crippen LogP contribution < -0.4 is 4.74 Å². The van der Waals surface area contributed by atoms with Crippen LogP contribution in [0.3, 0.4) is 0 Å². The summed E-state index contributed by atoms with van der Waals surface area (Å²) in [6.45, 7) is 0. The Bertz CT molecular complexity index is 693. The first-order valence-corrected chi connectivity index (χ1v) is 15.7. The summed E-state index contributed by atoms with van der Waals surface area (Å²) >= 11 is 0. The predicted molar refractivity (Wildman–Crippen MR) is 150 cm³/mol. The summed E-state index contributed by atoms with van der Waals surface area (Å²) in [4.78, 5) is 0. The Morgan fingerprint density at radius 2 is 0.946 bits per heavy atom. The van der Waals surface area contributed by atoms with Gasteiger partial charge in [-0.15, -0.1) is 13.2 Å². The molecule has 1 aromatic rings. The first-order chi connectivity index (χ1) is 18.0. The summed E-state index contributed by atoms with van der Waals surface area (Å²) < 4.78 is 41.3. The third kappa shape index (κ3) is 13.5. The lowest BCUT2D eigenvalue weighted by Gasteiger charge is -2.29. The SMILES string of the molecule is FC(F)(F)Oc1ccc(C[B]C2CCCCCCC(C3CCCCCCCCCCC3)CCCC2)cc1. The predicted octanol–water partition coefficient (Wildman–Crippen LogP) is 11.0. The van der Waals surface area contributed by atoms with E-state index >= 15 is 0 Å². The van der Waals surface area contributed by atoms with E-state index in [4.69, 9.17) is 0 Å². The minimum atomic E-state index is -4.63. The van der Waals surface area contributed by atoms with Crippen molar-refractivity contribution >= 4 is 7.28 Å². The summed E-state index contributed by atoms with van der Waals surface area (Å²) in [5, 5.41) is 0. The summed E-state index contributed by atoms with van der Waals surface area (Å²) in [5.41, 5.74) is 1.06. The monoisotopic (exact) mass is 519 g/mol. The molecule has 0 bridgehead atoms. The zero-order chi connectivity index (χ0) is 26.2. The molecule has 2 atom stereocenters. The Hall–Kier alpha value is -1.13. The minimum Gasteiger partial charge on any atom is -0.406 e. The summed E-state index contributed by atoms with van der Waals surface area (Å²) in [6, 6.07) is 6.39. The van der Waals surface area contributed by atoms with Gasteiger partial charge in [-0.2, -0.15) is 0 Å². The van der Waals surface area contributed by atoms with Gasteiger partial charge in [0.1, 0.15) is 13.0 Å². The van der Waals surface area contributed by atoms with Crippen molar-refractivity contribution in [3.05, 3.63) is 29.8 Å². The van der Waals surface area contributed by atoms with E-state index in [1.54, 1.807) is 12.1 Å². The lowest BCUT2D eigenvalue weighted by Crippen LogP contribution is -2.17. The second-order valence-electron chi connectivity index (χ2n) is 11.9. The van der Waals surface area contributed by atoms with Crippen molar-refractivity contribution in [3.63, 3.8) is 0 Å². The topological polar surface area (TPSA) is 9.23 Å². The van der Waals surface area contributed by atoms with Crippen molar-refractivity contribution < 1.29 is 17.9 Å². The highest BCUT2D eigenvalue weighted by Crippen LogP contribution is 2.35. The van der Waals surface area contributed by atoms with Crippen LogP contribution in [0.2, 0.25) is 5.82 Å². The van der Waals surface area contributed by atoms with Crippen molar-refractivity contribution in [2.24, 2.45) is 11.8 Å². The van der Waals surface area contributed by atoms with E-state index in [0.29, 0.717) is 5.82 Å². The number of alkyl halides is 3. The van der Waals surface area contributed by atoms with Crippen LogP contribution in [0.1, 0.15) is 140 Å². The molecule has 0 spiro atoms. The molecular formula is C32H51BF3O. The molecule has 2 unspecified atom stereocenters. The van der Waals surface area contributed by atoms with Gasteiger partial charge in [-0.3, -0.25) is 0 Å². The molecule has 2 fully saturated rings. The highest BCUT2D eigenvalue weighted by molar-refractivity contribution is 6.37. The number of rotatable bonds is 5. The van der Waals surface area contributed by atoms with Crippen LogP contribution in [0.15, 0.2) is 24.3 Å². The van der Waals surface area contributed by atoms with Crippen molar-refractivity contribution in [1.29, 1.82) is 0 Å². The fourth-order valence-corrected chi connectivity index (χ4v) is 6.77. The Labute approximate surface area is 226 Å². The Kier molecular flexibility index (Phi) is 14.4. The molecule has 0 saturated heterocycles. The molecule has 37 heavy (non-hydrogen) atoms. The number of ether oxygens (including phenoxy) is 1. The smallest absolute Gasteiger partial charge is 0.406 e. The Balaban J connectivity index is 1.46. The zero-order valence-corrected chi connectivity index (χ0v) is 23.2. The fourth-order valence-electron chi connectivity index (χ4n) is 6.77. The van der Waals surface area contributed by atoms with Crippen molar-refractivity contribution in [2.45, 2.75) is 153 Å². The molecular weight excluding hydrogens is 468 g/mol. The molecule has 3 rings (SSSR count). The van der Waals surface area contributed by atoms with Crippen LogP contribution in [0, 0.1) is 11.8 Å². The maximum Gasteiger partial charge on any atom is 0.573 e. The molecule has 0 heterocycles. The highest BCUT2D eigenvalue weighted by Gasteiger charge is 2.31. The largest absolute Gasteiger partial charge is 0.573 e. The van der Waals surface area contributed by atoms with Gasteiger partial charge < -0.3 is 4.74 Å². The normalized spacial score (nSPS) is 25.1. The molecule has 1 aromatic carbocycles. The van der Waals surface area contributed by atoms with Gasteiger partial charge in [0.25, 0.3) is 0 Å². The van der Waals surface area contributed by atoms with E-state index in [1.165, 1.54) is 147 Å². The number of halogens is 3. The van der Waals surface area contributed by atoms with Gasteiger partial charge in [0.15, 0.2) is 0 Å². The first kappa shape index (κ1) is 30.4. The molecule has 0 aliphatic heterocycles. The van der Waals surface area contributed by atoms with E-state index in [0.717, 1.165) is 23.7 Å². The standard InChI is InChI=1S/C32H51BF3O/c34-32(35,36)37-31-24-22-27(23-25-31)26-33-30-20-13-9-8-12-18-29(19-14-15-21-30)28-16-10-6-4-2-1-3-5-7-11-17-28/h22-25,28-30H,1-21,26H2. The molecule has 1 nitrogen and oxygen atoms in total. The average Bonchev–Trinajstić information content (AvgIpc) is 2.84. The van der Waals surface area contributed by atoms with Gasteiger partial charge in [0.05, 0.1) is 0 Å². The van der Waals surface area contributed by atoms with Crippen molar-refractivity contribution in [2.75, 3.05) is 0 Å². The molecule has 0 N–H and O–H groups in total. The van der Waals surface area contributed by atoms with E-state index in [-0.39, 0.29) is 5.75 Å². The van der Waals surface area contributed by atoms with Crippen molar-refractivity contribution in [1.82, 2.24) is 0 Å². The van der Waals surface area contributed by atoms with Crippen LogP contribution in [0.4, 0.5) is 13.2 Å². The molecule has 2 aliphatic carbocycles. The Morgan fingerprint density at radius 1 is 0.568 bits per heavy atom.